The first-order chi connectivity index (χ1) is 15.1. The second-order valence-electron chi connectivity index (χ2n) is 6.69. The number of amides is 1. The van der Waals surface area contributed by atoms with E-state index >= 15 is 0 Å². The summed E-state index contributed by atoms with van der Waals surface area (Å²) in [6.45, 7) is 4.53. The van der Waals surface area contributed by atoms with E-state index in [2.05, 4.69) is 16.9 Å². The molecule has 3 rings (SSSR count). The molecule has 0 aliphatic heterocycles. The molecule has 1 N–H and O–H groups in total. The van der Waals surface area contributed by atoms with Crippen LogP contribution >= 0.6 is 11.8 Å². The molecule has 3 aromatic rings. The molecule has 8 heteroatoms. The number of nitrogens with zero attached hydrogens (tertiary/aromatic N) is 2. The second kappa shape index (κ2) is 10.7. The molecule has 162 valence electrons. The van der Waals surface area contributed by atoms with E-state index in [-0.39, 0.29) is 17.2 Å². The van der Waals surface area contributed by atoms with Crippen LogP contribution in [0.25, 0.3) is 10.9 Å². The van der Waals surface area contributed by atoms with E-state index in [1.807, 2.05) is 30.3 Å². The monoisotopic (exact) mass is 439 g/mol. The van der Waals surface area contributed by atoms with Crippen LogP contribution in [-0.2, 0) is 17.8 Å². The Morgan fingerprint density at radius 1 is 1.19 bits per heavy atom. The minimum atomic E-state index is -0.137. The molecule has 0 spiro atoms. The Kier molecular flexibility index (Phi) is 7.72. The summed E-state index contributed by atoms with van der Waals surface area (Å²) in [6, 6.07) is 12.9. The first-order valence-electron chi connectivity index (χ1n) is 9.78. The minimum Gasteiger partial charge on any atom is -0.493 e. The SMILES string of the molecule is C=CCn1c(SCC(=O)NCCc2ccc(OC)c(OC)c2)nc2ccccc2c1=O. The lowest BCUT2D eigenvalue weighted by Gasteiger charge is -2.12. The number of allylic oxidation sites excluding steroid dienone is 1. The van der Waals surface area contributed by atoms with Crippen molar-refractivity contribution in [2.45, 2.75) is 18.1 Å². The maximum Gasteiger partial charge on any atom is 0.262 e. The van der Waals surface area contributed by atoms with Gasteiger partial charge < -0.3 is 14.8 Å². The van der Waals surface area contributed by atoms with E-state index in [1.54, 1.807) is 32.4 Å². The molecule has 7 nitrogen and oxygen atoms in total. The van der Waals surface area contributed by atoms with Crippen molar-refractivity contribution >= 4 is 28.6 Å². The number of ether oxygens (including phenoxy) is 2. The number of hydrogen-bond acceptors (Lipinski definition) is 6. The van der Waals surface area contributed by atoms with E-state index < -0.39 is 0 Å². The van der Waals surface area contributed by atoms with Crippen molar-refractivity contribution in [2.75, 3.05) is 26.5 Å². The number of fused-ring (bicyclic) bond motifs is 1. The van der Waals surface area contributed by atoms with Crippen LogP contribution in [0.15, 0.2) is 65.1 Å². The van der Waals surface area contributed by atoms with E-state index in [0.29, 0.717) is 47.1 Å². The Morgan fingerprint density at radius 2 is 1.97 bits per heavy atom. The largest absolute Gasteiger partial charge is 0.493 e. The van der Waals surface area contributed by atoms with Gasteiger partial charge in [-0.3, -0.25) is 14.2 Å². The van der Waals surface area contributed by atoms with Gasteiger partial charge in [0.25, 0.3) is 5.56 Å². The average Bonchev–Trinajstić information content (AvgIpc) is 2.79. The Bertz CT molecular complexity index is 1140. The minimum absolute atomic E-state index is 0.127. The number of benzene rings is 2. The van der Waals surface area contributed by atoms with E-state index in [1.165, 1.54) is 16.3 Å². The van der Waals surface area contributed by atoms with Crippen LogP contribution in [0.1, 0.15) is 5.56 Å². The number of aromatic nitrogens is 2. The molecule has 0 bridgehead atoms. The van der Waals surface area contributed by atoms with Gasteiger partial charge in [0.1, 0.15) is 0 Å². The molecular formula is C23H25N3O4S. The number of carbonyl (C=O) groups excluding carboxylic acids is 1. The standard InChI is InChI=1S/C23H25N3O4S/c1-4-13-26-22(28)17-7-5-6-8-18(17)25-23(26)31-15-21(27)24-12-11-16-9-10-19(29-2)20(14-16)30-3/h4-10,14H,1,11-13,15H2,2-3H3,(H,24,27). The van der Waals surface area contributed by atoms with Gasteiger partial charge >= 0.3 is 0 Å². The fraction of sp³-hybridized carbons (Fsp3) is 0.261. The Hall–Kier alpha value is -3.26. The Balaban J connectivity index is 1.61. The predicted octanol–water partition coefficient (Wildman–Crippen LogP) is 3.05. The van der Waals surface area contributed by atoms with Gasteiger partial charge in [-0.2, -0.15) is 0 Å². The van der Waals surface area contributed by atoms with Crippen LogP contribution < -0.4 is 20.3 Å². The van der Waals surface area contributed by atoms with Gasteiger partial charge in [-0.15, -0.1) is 6.58 Å². The average molecular weight is 440 g/mol. The van der Waals surface area contributed by atoms with Crippen molar-refractivity contribution in [3.05, 3.63) is 71.0 Å². The summed E-state index contributed by atoms with van der Waals surface area (Å²) in [4.78, 5) is 29.7. The highest BCUT2D eigenvalue weighted by Crippen LogP contribution is 2.27. The number of hydrogen-bond donors (Lipinski definition) is 1. The highest BCUT2D eigenvalue weighted by atomic mass is 32.2. The fourth-order valence-electron chi connectivity index (χ4n) is 3.11. The molecule has 1 aromatic heterocycles. The lowest BCUT2D eigenvalue weighted by Crippen LogP contribution is -2.28. The summed E-state index contributed by atoms with van der Waals surface area (Å²) in [6.07, 6.45) is 2.30. The summed E-state index contributed by atoms with van der Waals surface area (Å²) < 4.78 is 12.1. The molecule has 0 saturated heterocycles. The van der Waals surface area contributed by atoms with Crippen LogP contribution in [0.4, 0.5) is 0 Å². The third-order valence-electron chi connectivity index (χ3n) is 4.65. The molecule has 0 aliphatic rings. The highest BCUT2D eigenvalue weighted by molar-refractivity contribution is 7.99. The van der Waals surface area contributed by atoms with Gasteiger partial charge in [0.05, 0.1) is 30.9 Å². The molecule has 31 heavy (non-hydrogen) atoms. The first kappa shape index (κ1) is 22.4. The third kappa shape index (κ3) is 5.46. The Labute approximate surface area is 185 Å². The van der Waals surface area contributed by atoms with Crippen molar-refractivity contribution in [1.82, 2.24) is 14.9 Å². The van der Waals surface area contributed by atoms with Crippen LogP contribution in [-0.4, -0.2) is 42.0 Å². The van der Waals surface area contributed by atoms with E-state index in [4.69, 9.17) is 9.47 Å². The number of methoxy groups -OCH3 is 2. The molecular weight excluding hydrogens is 414 g/mol. The van der Waals surface area contributed by atoms with Crippen molar-refractivity contribution in [1.29, 1.82) is 0 Å². The maximum atomic E-state index is 12.8. The zero-order valence-electron chi connectivity index (χ0n) is 17.6. The normalized spacial score (nSPS) is 10.6. The topological polar surface area (TPSA) is 82.5 Å². The van der Waals surface area contributed by atoms with Crippen molar-refractivity contribution in [2.24, 2.45) is 0 Å². The van der Waals surface area contributed by atoms with Gasteiger partial charge in [0.2, 0.25) is 5.91 Å². The second-order valence-corrected chi connectivity index (χ2v) is 7.64. The van der Waals surface area contributed by atoms with Crippen LogP contribution in [0.2, 0.25) is 0 Å². The van der Waals surface area contributed by atoms with E-state index in [9.17, 15) is 9.59 Å². The lowest BCUT2D eigenvalue weighted by molar-refractivity contribution is -0.118. The quantitative estimate of drug-likeness (QED) is 0.297. The molecule has 1 heterocycles. The molecule has 1 amide bonds. The summed E-state index contributed by atoms with van der Waals surface area (Å²) in [5.74, 6) is 1.36. The first-order valence-corrected chi connectivity index (χ1v) is 10.8. The number of nitrogens with one attached hydrogen (secondary N) is 1. The summed E-state index contributed by atoms with van der Waals surface area (Å²) in [5, 5.41) is 3.95. The predicted molar refractivity (Wildman–Crippen MR) is 123 cm³/mol. The number of para-hydroxylation sites is 1. The lowest BCUT2D eigenvalue weighted by atomic mass is 10.1. The summed E-state index contributed by atoms with van der Waals surface area (Å²) >= 11 is 1.24. The van der Waals surface area contributed by atoms with Crippen molar-refractivity contribution < 1.29 is 14.3 Å². The molecule has 2 aromatic carbocycles. The van der Waals surface area contributed by atoms with E-state index in [0.717, 1.165) is 5.56 Å². The highest BCUT2D eigenvalue weighted by Gasteiger charge is 2.12. The van der Waals surface area contributed by atoms with Crippen molar-refractivity contribution in [3.63, 3.8) is 0 Å². The number of carbonyl (C=O) groups is 1. The third-order valence-corrected chi connectivity index (χ3v) is 5.63. The smallest absolute Gasteiger partial charge is 0.262 e. The Morgan fingerprint density at radius 3 is 2.71 bits per heavy atom. The molecule has 0 radical (unpaired) electrons. The maximum absolute atomic E-state index is 12.8. The number of thioether (sulfide) groups is 1. The fourth-order valence-corrected chi connectivity index (χ4v) is 3.95. The van der Waals surface area contributed by atoms with Crippen LogP contribution in [0.3, 0.4) is 0 Å². The van der Waals surface area contributed by atoms with Crippen LogP contribution in [0.5, 0.6) is 11.5 Å². The molecule has 0 saturated carbocycles. The van der Waals surface area contributed by atoms with Gasteiger partial charge in [-0.25, -0.2) is 4.98 Å². The number of rotatable bonds is 10. The summed E-state index contributed by atoms with van der Waals surface area (Å²) in [7, 11) is 3.18. The zero-order chi connectivity index (χ0) is 22.2. The van der Waals surface area contributed by atoms with Gasteiger partial charge in [0, 0.05) is 13.1 Å². The molecule has 0 aliphatic carbocycles. The zero-order valence-corrected chi connectivity index (χ0v) is 18.4. The van der Waals surface area contributed by atoms with Gasteiger partial charge in [0.15, 0.2) is 16.7 Å². The molecule has 0 fully saturated rings. The summed E-state index contributed by atoms with van der Waals surface area (Å²) in [5.41, 5.74) is 1.51. The molecule has 0 unspecified atom stereocenters. The van der Waals surface area contributed by atoms with Crippen LogP contribution in [0, 0.1) is 0 Å². The van der Waals surface area contributed by atoms with Gasteiger partial charge in [-0.1, -0.05) is 36.0 Å². The van der Waals surface area contributed by atoms with Gasteiger partial charge in [-0.05, 0) is 36.2 Å². The van der Waals surface area contributed by atoms with Crippen molar-refractivity contribution in [3.8, 4) is 11.5 Å². The molecule has 0 atom stereocenters.